The largest absolute Gasteiger partial charge is 0.490 e. The normalized spacial score (nSPS) is 15.3. The molecule has 1 aliphatic heterocycles. The Balaban J connectivity index is 0.00000364. The second-order valence-corrected chi connectivity index (χ2v) is 6.40. The van der Waals surface area contributed by atoms with Crippen molar-refractivity contribution in [2.75, 3.05) is 53.6 Å². The van der Waals surface area contributed by atoms with Crippen molar-refractivity contribution in [1.29, 1.82) is 0 Å². The molecular weight excluding hydrogens is 457 g/mol. The van der Waals surface area contributed by atoms with E-state index in [0.717, 1.165) is 63.6 Å². The number of benzene rings is 1. The van der Waals surface area contributed by atoms with Crippen LogP contribution in [0.3, 0.4) is 0 Å². The van der Waals surface area contributed by atoms with Crippen LogP contribution < -0.4 is 10.1 Å². The Morgan fingerprint density at radius 1 is 1.11 bits per heavy atom. The first kappa shape index (κ1) is 24.0. The molecule has 0 atom stereocenters. The molecule has 0 saturated carbocycles. The Labute approximate surface area is 180 Å². The average molecular weight is 491 g/mol. The van der Waals surface area contributed by atoms with Crippen molar-refractivity contribution in [3.05, 3.63) is 30.3 Å². The number of hydrogen-bond acceptors (Lipinski definition) is 4. The summed E-state index contributed by atoms with van der Waals surface area (Å²) >= 11 is 0. The van der Waals surface area contributed by atoms with Crippen molar-refractivity contribution in [3.8, 4) is 5.75 Å². The summed E-state index contributed by atoms with van der Waals surface area (Å²) in [5.41, 5.74) is 0. The molecule has 1 N–H and O–H groups in total. The van der Waals surface area contributed by atoms with Gasteiger partial charge in [-0.3, -0.25) is 4.99 Å². The van der Waals surface area contributed by atoms with Crippen LogP contribution in [0.5, 0.6) is 5.75 Å². The van der Waals surface area contributed by atoms with Gasteiger partial charge in [-0.1, -0.05) is 18.2 Å². The number of halogens is 1. The molecule has 27 heavy (non-hydrogen) atoms. The molecule has 0 unspecified atom stereocenters. The molecule has 0 aromatic heterocycles. The van der Waals surface area contributed by atoms with Gasteiger partial charge in [-0.05, 0) is 25.0 Å². The fourth-order valence-corrected chi connectivity index (χ4v) is 2.98. The van der Waals surface area contributed by atoms with Gasteiger partial charge in [0.15, 0.2) is 5.96 Å². The highest BCUT2D eigenvalue weighted by Gasteiger charge is 2.22. The van der Waals surface area contributed by atoms with Crippen molar-refractivity contribution in [3.63, 3.8) is 0 Å². The predicted octanol–water partition coefficient (Wildman–Crippen LogP) is 3.17. The minimum absolute atomic E-state index is 0. The molecule has 1 heterocycles. The zero-order chi connectivity index (χ0) is 18.5. The Kier molecular flexibility index (Phi) is 13.3. The van der Waals surface area contributed by atoms with E-state index in [1.807, 2.05) is 37.4 Å². The maximum Gasteiger partial charge on any atom is 0.193 e. The zero-order valence-corrected chi connectivity index (χ0v) is 18.9. The maximum absolute atomic E-state index is 6.06. The standard InChI is InChI=1S/C20H33N3O3.HI/c1-21-20(22-12-6-7-15-25-17-16-24-2)23-13-10-19(11-14-23)26-18-8-4-3-5-9-18;/h3-5,8-9,19H,6-7,10-17H2,1-2H3,(H,21,22);1H. The highest BCUT2D eigenvalue weighted by Crippen LogP contribution is 2.18. The number of para-hydroxylation sites is 1. The van der Waals surface area contributed by atoms with Crippen LogP contribution >= 0.6 is 24.0 Å². The summed E-state index contributed by atoms with van der Waals surface area (Å²) in [6, 6.07) is 10.1. The second-order valence-electron chi connectivity index (χ2n) is 6.40. The van der Waals surface area contributed by atoms with Crippen LogP contribution in [0.15, 0.2) is 35.3 Å². The van der Waals surface area contributed by atoms with Crippen LogP contribution in [0, 0.1) is 0 Å². The Bertz CT molecular complexity index is 508. The fraction of sp³-hybridized carbons (Fsp3) is 0.650. The van der Waals surface area contributed by atoms with E-state index in [1.54, 1.807) is 7.11 Å². The van der Waals surface area contributed by atoms with Gasteiger partial charge in [0.05, 0.1) is 13.2 Å². The number of nitrogens with one attached hydrogen (secondary N) is 1. The molecule has 0 amide bonds. The molecule has 1 aromatic carbocycles. The van der Waals surface area contributed by atoms with Crippen molar-refractivity contribution < 1.29 is 14.2 Å². The summed E-state index contributed by atoms with van der Waals surface area (Å²) in [5, 5.41) is 3.46. The number of unbranched alkanes of at least 4 members (excludes halogenated alkanes) is 1. The van der Waals surface area contributed by atoms with Crippen LogP contribution in [-0.4, -0.2) is 70.6 Å². The number of rotatable bonds is 10. The van der Waals surface area contributed by atoms with Gasteiger partial charge in [-0.2, -0.15) is 0 Å². The molecule has 0 aliphatic carbocycles. The Morgan fingerprint density at radius 2 is 1.85 bits per heavy atom. The molecule has 0 radical (unpaired) electrons. The molecule has 154 valence electrons. The smallest absolute Gasteiger partial charge is 0.193 e. The van der Waals surface area contributed by atoms with Crippen LogP contribution in [-0.2, 0) is 9.47 Å². The number of hydrogen-bond donors (Lipinski definition) is 1. The van der Waals surface area contributed by atoms with E-state index >= 15 is 0 Å². The topological polar surface area (TPSA) is 55.3 Å². The highest BCUT2D eigenvalue weighted by molar-refractivity contribution is 14.0. The van der Waals surface area contributed by atoms with E-state index in [0.29, 0.717) is 13.2 Å². The summed E-state index contributed by atoms with van der Waals surface area (Å²) in [5.74, 6) is 1.95. The van der Waals surface area contributed by atoms with Crippen molar-refractivity contribution in [2.45, 2.75) is 31.8 Å². The molecule has 1 fully saturated rings. The number of piperidine rings is 1. The van der Waals surface area contributed by atoms with Crippen LogP contribution in [0.1, 0.15) is 25.7 Å². The van der Waals surface area contributed by atoms with Crippen molar-refractivity contribution >= 4 is 29.9 Å². The number of aliphatic imine (C=N–C) groups is 1. The quantitative estimate of drug-likeness (QED) is 0.236. The van der Waals surface area contributed by atoms with Gasteiger partial charge >= 0.3 is 0 Å². The minimum atomic E-state index is 0. The third kappa shape index (κ3) is 9.62. The van der Waals surface area contributed by atoms with Gasteiger partial charge < -0.3 is 24.4 Å². The number of guanidine groups is 1. The van der Waals surface area contributed by atoms with E-state index in [4.69, 9.17) is 14.2 Å². The summed E-state index contributed by atoms with van der Waals surface area (Å²) in [4.78, 5) is 6.74. The van der Waals surface area contributed by atoms with Gasteiger partial charge in [0.2, 0.25) is 0 Å². The van der Waals surface area contributed by atoms with Crippen molar-refractivity contribution in [2.24, 2.45) is 4.99 Å². The lowest BCUT2D eigenvalue weighted by molar-refractivity contribution is 0.0689. The third-order valence-electron chi connectivity index (χ3n) is 4.43. The minimum Gasteiger partial charge on any atom is -0.490 e. The molecule has 2 rings (SSSR count). The number of likely N-dealkylation sites (tertiary alicyclic amines) is 1. The van der Waals surface area contributed by atoms with Crippen LogP contribution in [0.2, 0.25) is 0 Å². The lowest BCUT2D eigenvalue weighted by Gasteiger charge is -2.34. The van der Waals surface area contributed by atoms with Gasteiger partial charge in [-0.15, -0.1) is 24.0 Å². The first-order valence-electron chi connectivity index (χ1n) is 9.57. The molecule has 7 heteroatoms. The Hall–Kier alpha value is -1.06. The second kappa shape index (κ2) is 14.9. The van der Waals surface area contributed by atoms with Crippen LogP contribution in [0.4, 0.5) is 0 Å². The molecular formula is C20H34IN3O3. The van der Waals surface area contributed by atoms with Gasteiger partial charge in [0.25, 0.3) is 0 Å². The van der Waals surface area contributed by atoms with Gasteiger partial charge in [-0.25, -0.2) is 0 Å². The summed E-state index contributed by atoms with van der Waals surface area (Å²) in [7, 11) is 3.54. The first-order chi connectivity index (χ1) is 12.8. The van der Waals surface area contributed by atoms with Gasteiger partial charge in [0, 0.05) is 53.2 Å². The zero-order valence-electron chi connectivity index (χ0n) is 16.6. The third-order valence-corrected chi connectivity index (χ3v) is 4.43. The van der Waals surface area contributed by atoms with E-state index < -0.39 is 0 Å². The SMILES string of the molecule is CN=C(NCCCCOCCOC)N1CCC(Oc2ccccc2)CC1.I. The summed E-state index contributed by atoms with van der Waals surface area (Å²) < 4.78 is 16.5. The molecule has 0 spiro atoms. The first-order valence-corrected chi connectivity index (χ1v) is 9.57. The summed E-state index contributed by atoms with van der Waals surface area (Å²) in [6.45, 7) is 4.97. The molecule has 0 bridgehead atoms. The molecule has 1 saturated heterocycles. The molecule has 1 aromatic rings. The highest BCUT2D eigenvalue weighted by atomic mass is 127. The Morgan fingerprint density at radius 3 is 2.52 bits per heavy atom. The van der Waals surface area contributed by atoms with E-state index in [9.17, 15) is 0 Å². The van der Waals surface area contributed by atoms with Gasteiger partial charge in [0.1, 0.15) is 11.9 Å². The lowest BCUT2D eigenvalue weighted by Crippen LogP contribution is -2.47. The fourth-order valence-electron chi connectivity index (χ4n) is 2.98. The average Bonchev–Trinajstić information content (AvgIpc) is 2.69. The number of methoxy groups -OCH3 is 1. The number of ether oxygens (including phenoxy) is 3. The predicted molar refractivity (Wildman–Crippen MR) is 120 cm³/mol. The van der Waals surface area contributed by atoms with Crippen molar-refractivity contribution in [1.82, 2.24) is 10.2 Å². The van der Waals surface area contributed by atoms with E-state index in [-0.39, 0.29) is 30.1 Å². The summed E-state index contributed by atoms with van der Waals surface area (Å²) in [6.07, 6.45) is 4.43. The number of nitrogens with zero attached hydrogens (tertiary/aromatic N) is 2. The lowest BCUT2D eigenvalue weighted by atomic mass is 10.1. The monoisotopic (exact) mass is 491 g/mol. The maximum atomic E-state index is 6.06. The molecule has 1 aliphatic rings. The molecule has 6 nitrogen and oxygen atoms in total. The van der Waals surface area contributed by atoms with E-state index in [1.165, 1.54) is 0 Å². The van der Waals surface area contributed by atoms with E-state index in [2.05, 4.69) is 15.2 Å². The van der Waals surface area contributed by atoms with Crippen LogP contribution in [0.25, 0.3) is 0 Å².